The molecule has 1 amide bonds. The molecule has 0 aromatic carbocycles. The molecule has 0 aromatic heterocycles. The molecular formula is C8H11NO3. The van der Waals surface area contributed by atoms with Gasteiger partial charge in [0, 0.05) is 6.92 Å². The monoisotopic (exact) mass is 169 g/mol. The van der Waals surface area contributed by atoms with Crippen molar-refractivity contribution in [2.45, 2.75) is 13.8 Å². The van der Waals surface area contributed by atoms with Crippen LogP contribution in [0.5, 0.6) is 0 Å². The fraction of sp³-hybridized carbons (Fsp3) is 0.250. The van der Waals surface area contributed by atoms with E-state index < -0.39 is 11.9 Å². The van der Waals surface area contributed by atoms with Crippen LogP contribution in [0.4, 0.5) is 0 Å². The summed E-state index contributed by atoms with van der Waals surface area (Å²) in [5.74, 6) is -1.54. The van der Waals surface area contributed by atoms with E-state index in [-0.39, 0.29) is 5.70 Å². The first-order valence-corrected chi connectivity index (χ1v) is 3.41. The predicted octanol–water partition coefficient (Wildman–Crippen LogP) is 0.667. The lowest BCUT2D eigenvalue weighted by atomic mass is 10.3. The first kappa shape index (κ1) is 10.4. The van der Waals surface area contributed by atoms with E-state index >= 15 is 0 Å². The maximum atomic E-state index is 10.5. The number of aliphatic carboxylic acids is 1. The van der Waals surface area contributed by atoms with Gasteiger partial charge in [0.15, 0.2) is 0 Å². The van der Waals surface area contributed by atoms with E-state index in [4.69, 9.17) is 5.11 Å². The second-order valence-electron chi connectivity index (χ2n) is 2.09. The summed E-state index contributed by atoms with van der Waals surface area (Å²) >= 11 is 0. The molecule has 0 aliphatic carbocycles. The van der Waals surface area contributed by atoms with Gasteiger partial charge in [-0.2, -0.15) is 0 Å². The van der Waals surface area contributed by atoms with Crippen molar-refractivity contribution in [1.29, 1.82) is 0 Å². The molecule has 2 N–H and O–H groups in total. The van der Waals surface area contributed by atoms with Crippen molar-refractivity contribution >= 4 is 11.9 Å². The number of hydrogen-bond donors (Lipinski definition) is 2. The summed E-state index contributed by atoms with van der Waals surface area (Å²) in [6, 6.07) is 0. The average molecular weight is 169 g/mol. The quantitative estimate of drug-likeness (QED) is 0.482. The molecule has 4 heteroatoms. The number of allylic oxidation sites excluding steroid dienone is 3. The van der Waals surface area contributed by atoms with Crippen molar-refractivity contribution in [1.82, 2.24) is 5.32 Å². The van der Waals surface area contributed by atoms with Crippen LogP contribution in [0.25, 0.3) is 0 Å². The first-order valence-electron chi connectivity index (χ1n) is 3.41. The molecule has 0 radical (unpaired) electrons. The Morgan fingerprint density at radius 1 is 1.42 bits per heavy atom. The minimum Gasteiger partial charge on any atom is -0.477 e. The lowest BCUT2D eigenvalue weighted by Gasteiger charge is -1.99. The van der Waals surface area contributed by atoms with Gasteiger partial charge >= 0.3 is 5.97 Å². The maximum absolute atomic E-state index is 10.5. The smallest absolute Gasteiger partial charge is 0.352 e. The highest BCUT2D eigenvalue weighted by Crippen LogP contribution is 1.90. The van der Waals surface area contributed by atoms with Crippen LogP contribution < -0.4 is 5.32 Å². The molecule has 0 saturated carbocycles. The summed E-state index contributed by atoms with van der Waals surface area (Å²) in [5, 5.41) is 10.7. The van der Waals surface area contributed by atoms with E-state index in [1.54, 1.807) is 19.1 Å². The molecule has 0 fully saturated rings. The fourth-order valence-corrected chi connectivity index (χ4v) is 0.549. The van der Waals surface area contributed by atoms with Gasteiger partial charge in [0.2, 0.25) is 5.91 Å². The molecule has 12 heavy (non-hydrogen) atoms. The number of amides is 1. The minimum absolute atomic E-state index is 0.124. The molecule has 0 rings (SSSR count). The van der Waals surface area contributed by atoms with Gasteiger partial charge in [0.25, 0.3) is 0 Å². The summed E-state index contributed by atoms with van der Waals surface area (Å²) in [4.78, 5) is 20.9. The Hall–Kier alpha value is -1.58. The van der Waals surface area contributed by atoms with Crippen LogP contribution in [0.1, 0.15) is 13.8 Å². The molecule has 4 nitrogen and oxygen atoms in total. The van der Waals surface area contributed by atoms with Crippen LogP contribution in [-0.4, -0.2) is 17.0 Å². The van der Waals surface area contributed by atoms with Gasteiger partial charge in [0.05, 0.1) is 0 Å². The Morgan fingerprint density at radius 3 is 2.33 bits per heavy atom. The normalized spacial score (nSPS) is 11.7. The summed E-state index contributed by atoms with van der Waals surface area (Å²) in [7, 11) is 0. The van der Waals surface area contributed by atoms with Crippen molar-refractivity contribution in [2.75, 3.05) is 0 Å². The van der Waals surface area contributed by atoms with Gasteiger partial charge in [0.1, 0.15) is 5.70 Å². The maximum Gasteiger partial charge on any atom is 0.352 e. The topological polar surface area (TPSA) is 66.4 Å². The lowest BCUT2D eigenvalue weighted by Crippen LogP contribution is -2.24. The third-order valence-electron chi connectivity index (χ3n) is 0.996. The highest BCUT2D eigenvalue weighted by atomic mass is 16.4. The zero-order valence-electron chi connectivity index (χ0n) is 7.00. The number of nitrogens with one attached hydrogen (secondary N) is 1. The number of hydrogen-bond acceptors (Lipinski definition) is 2. The van der Waals surface area contributed by atoms with E-state index in [1.807, 2.05) is 0 Å². The van der Waals surface area contributed by atoms with Crippen molar-refractivity contribution in [2.24, 2.45) is 0 Å². The van der Waals surface area contributed by atoms with Gasteiger partial charge in [-0.15, -0.1) is 0 Å². The zero-order valence-corrected chi connectivity index (χ0v) is 7.00. The van der Waals surface area contributed by atoms with Crippen molar-refractivity contribution in [3.05, 3.63) is 23.9 Å². The van der Waals surface area contributed by atoms with Gasteiger partial charge in [-0.3, -0.25) is 4.79 Å². The Balaban J connectivity index is 4.43. The lowest BCUT2D eigenvalue weighted by molar-refractivity contribution is -0.134. The third kappa shape index (κ3) is 4.27. The highest BCUT2D eigenvalue weighted by molar-refractivity contribution is 5.92. The van der Waals surface area contributed by atoms with Gasteiger partial charge in [-0.1, -0.05) is 12.2 Å². The second kappa shape index (κ2) is 5.12. The van der Waals surface area contributed by atoms with E-state index in [9.17, 15) is 9.59 Å². The molecule has 66 valence electrons. The van der Waals surface area contributed by atoms with E-state index in [0.717, 1.165) is 0 Å². The molecule has 0 aromatic rings. The van der Waals surface area contributed by atoms with Crippen molar-refractivity contribution < 1.29 is 14.7 Å². The summed E-state index contributed by atoms with van der Waals surface area (Å²) in [6.45, 7) is 3.01. The van der Waals surface area contributed by atoms with Crippen LogP contribution in [-0.2, 0) is 9.59 Å². The Kier molecular flexibility index (Phi) is 4.45. The summed E-state index contributed by atoms with van der Waals surface area (Å²) in [6.07, 6.45) is 4.54. The summed E-state index contributed by atoms with van der Waals surface area (Å²) < 4.78 is 0. The number of carboxylic acid groups (broad SMARTS) is 1. The SMILES string of the molecule is CC=CC=C(NC(C)=O)C(=O)O. The number of rotatable bonds is 3. The van der Waals surface area contributed by atoms with Crippen LogP contribution in [0, 0.1) is 0 Å². The molecule has 0 bridgehead atoms. The molecule has 0 aliphatic rings. The largest absolute Gasteiger partial charge is 0.477 e. The van der Waals surface area contributed by atoms with Crippen molar-refractivity contribution in [3.63, 3.8) is 0 Å². The van der Waals surface area contributed by atoms with E-state index in [2.05, 4.69) is 5.32 Å². The second-order valence-corrected chi connectivity index (χ2v) is 2.09. The summed E-state index contributed by atoms with van der Waals surface area (Å²) in [5.41, 5.74) is -0.124. The van der Waals surface area contributed by atoms with Gasteiger partial charge in [-0.05, 0) is 13.0 Å². The molecule has 0 spiro atoms. The van der Waals surface area contributed by atoms with Crippen molar-refractivity contribution in [3.8, 4) is 0 Å². The molecule has 0 aliphatic heterocycles. The molecular weight excluding hydrogens is 158 g/mol. The Bertz CT molecular complexity index is 241. The minimum atomic E-state index is -1.15. The predicted molar refractivity (Wildman–Crippen MR) is 44.3 cm³/mol. The van der Waals surface area contributed by atoms with Crippen LogP contribution in [0.15, 0.2) is 23.9 Å². The number of carboxylic acids is 1. The number of carbonyl (C=O) groups is 2. The average Bonchev–Trinajstić information content (AvgIpc) is 1.96. The first-order chi connectivity index (χ1) is 5.57. The van der Waals surface area contributed by atoms with Crippen LogP contribution in [0.3, 0.4) is 0 Å². The van der Waals surface area contributed by atoms with Gasteiger partial charge < -0.3 is 10.4 Å². The fourth-order valence-electron chi connectivity index (χ4n) is 0.549. The van der Waals surface area contributed by atoms with E-state index in [0.29, 0.717) is 0 Å². The number of carbonyl (C=O) groups excluding carboxylic acids is 1. The molecule has 0 unspecified atom stereocenters. The Morgan fingerprint density at radius 2 is 2.00 bits per heavy atom. The highest BCUT2D eigenvalue weighted by Gasteiger charge is 2.06. The van der Waals surface area contributed by atoms with E-state index in [1.165, 1.54) is 13.0 Å². The molecule has 0 heterocycles. The third-order valence-corrected chi connectivity index (χ3v) is 0.996. The van der Waals surface area contributed by atoms with Gasteiger partial charge in [-0.25, -0.2) is 4.79 Å². The molecule has 0 atom stereocenters. The zero-order chi connectivity index (χ0) is 9.56. The van der Waals surface area contributed by atoms with Crippen LogP contribution in [0.2, 0.25) is 0 Å². The molecule has 0 saturated heterocycles. The van der Waals surface area contributed by atoms with Crippen LogP contribution >= 0.6 is 0 Å². The Labute approximate surface area is 70.6 Å². The standard InChI is InChI=1S/C8H11NO3/c1-3-4-5-7(8(11)12)9-6(2)10/h3-5H,1-2H3,(H,9,10)(H,11,12).